The topological polar surface area (TPSA) is 89.7 Å². The normalized spacial score (nSPS) is 19.9. The van der Waals surface area contributed by atoms with Gasteiger partial charge < -0.3 is 14.7 Å². The number of nitrogens with zero attached hydrogens (tertiary/aromatic N) is 4. The third-order valence-corrected chi connectivity index (χ3v) is 6.11. The summed E-state index contributed by atoms with van der Waals surface area (Å²) >= 11 is 4.80. The summed E-state index contributed by atoms with van der Waals surface area (Å²) in [5, 5.41) is 18.0. The van der Waals surface area contributed by atoms with Gasteiger partial charge >= 0.3 is 0 Å². The number of pyridine rings is 1. The lowest BCUT2D eigenvalue weighted by molar-refractivity contribution is -0.124. The zero-order valence-electron chi connectivity index (χ0n) is 16.1. The number of carbonyl (C=O) groups is 1. The molecule has 7 nitrogen and oxygen atoms in total. The van der Waals surface area contributed by atoms with E-state index in [1.807, 2.05) is 37.3 Å². The second-order valence-electron chi connectivity index (χ2n) is 7.31. The maximum absolute atomic E-state index is 13.5. The monoisotopic (exact) mass is 410 g/mol. The summed E-state index contributed by atoms with van der Waals surface area (Å²) in [5.74, 6) is 0.672. The third kappa shape index (κ3) is 3.11. The van der Waals surface area contributed by atoms with E-state index in [4.69, 9.17) is 27.7 Å². The molecule has 2 aliphatic rings. The SMILES string of the molecule is Cc1cc(N2C(=O)C3(CCC3)N(c3ccc(OCCO)cc3)C2S)cnc1C#N. The van der Waals surface area contributed by atoms with E-state index in [1.54, 1.807) is 11.1 Å². The molecule has 2 aromatic rings. The van der Waals surface area contributed by atoms with Crippen LogP contribution in [0.15, 0.2) is 36.5 Å². The number of anilines is 2. The molecule has 0 bridgehead atoms. The van der Waals surface area contributed by atoms with Crippen molar-refractivity contribution in [3.63, 3.8) is 0 Å². The molecular weight excluding hydrogens is 388 g/mol. The number of amides is 1. The summed E-state index contributed by atoms with van der Waals surface area (Å²) in [6.07, 6.45) is 4.09. The van der Waals surface area contributed by atoms with Crippen LogP contribution in [0.2, 0.25) is 0 Å². The van der Waals surface area contributed by atoms with E-state index < -0.39 is 11.0 Å². The summed E-state index contributed by atoms with van der Waals surface area (Å²) < 4.78 is 5.44. The molecule has 1 aliphatic carbocycles. The van der Waals surface area contributed by atoms with Crippen LogP contribution in [0.4, 0.5) is 11.4 Å². The minimum Gasteiger partial charge on any atom is -0.491 e. The van der Waals surface area contributed by atoms with E-state index in [0.29, 0.717) is 17.1 Å². The second-order valence-corrected chi connectivity index (χ2v) is 7.78. The minimum absolute atomic E-state index is 0.00950. The molecule has 150 valence electrons. The van der Waals surface area contributed by atoms with Gasteiger partial charge in [0.2, 0.25) is 0 Å². The van der Waals surface area contributed by atoms with Gasteiger partial charge in [0.25, 0.3) is 5.91 Å². The number of benzene rings is 1. The van der Waals surface area contributed by atoms with Gasteiger partial charge in [0.05, 0.1) is 18.5 Å². The number of nitriles is 1. The summed E-state index contributed by atoms with van der Waals surface area (Å²) in [6, 6.07) is 11.4. The summed E-state index contributed by atoms with van der Waals surface area (Å²) in [5.41, 5.74) is 1.51. The van der Waals surface area contributed by atoms with Gasteiger partial charge in [0, 0.05) is 5.69 Å². The molecule has 1 aromatic heterocycles. The standard InChI is InChI=1S/C21H22N4O3S/c1-14-11-16(13-23-18(14)12-22)24-19(27)21(7-2-8-21)25(20(24)29)15-3-5-17(6-4-15)28-10-9-26/h3-6,11,13,20,26,29H,2,7-10H2,1H3. The van der Waals surface area contributed by atoms with Crippen molar-refractivity contribution < 1.29 is 14.6 Å². The quantitative estimate of drug-likeness (QED) is 0.737. The number of carbonyl (C=O) groups excluding carboxylic acids is 1. The van der Waals surface area contributed by atoms with Crippen molar-refractivity contribution in [2.24, 2.45) is 0 Å². The van der Waals surface area contributed by atoms with Gasteiger partial charge in [-0.1, -0.05) is 0 Å². The lowest BCUT2D eigenvalue weighted by atomic mass is 9.75. The zero-order chi connectivity index (χ0) is 20.6. The Morgan fingerprint density at radius 2 is 2.07 bits per heavy atom. The number of ether oxygens (including phenoxy) is 1. The Hall–Kier alpha value is -2.76. The number of aromatic nitrogens is 1. The average molecular weight is 410 g/mol. The van der Waals surface area contributed by atoms with Gasteiger partial charge in [-0.2, -0.15) is 5.26 Å². The Bertz CT molecular complexity index is 969. The lowest BCUT2D eigenvalue weighted by Gasteiger charge is -2.44. The van der Waals surface area contributed by atoms with Crippen molar-refractivity contribution in [3.8, 4) is 11.8 Å². The number of hydrogen-bond donors (Lipinski definition) is 2. The molecule has 1 saturated carbocycles. The van der Waals surface area contributed by atoms with E-state index in [2.05, 4.69) is 16.0 Å². The summed E-state index contributed by atoms with van der Waals surface area (Å²) in [7, 11) is 0. The first-order valence-electron chi connectivity index (χ1n) is 9.53. The van der Waals surface area contributed by atoms with Crippen molar-refractivity contribution in [3.05, 3.63) is 47.8 Å². The van der Waals surface area contributed by atoms with Crippen LogP contribution >= 0.6 is 12.6 Å². The minimum atomic E-state index is -0.609. The van der Waals surface area contributed by atoms with Crippen LogP contribution in [0.5, 0.6) is 5.75 Å². The molecule has 2 heterocycles. The van der Waals surface area contributed by atoms with Crippen LogP contribution in [0, 0.1) is 18.3 Å². The van der Waals surface area contributed by atoms with E-state index in [1.165, 1.54) is 0 Å². The first-order valence-corrected chi connectivity index (χ1v) is 10.0. The van der Waals surface area contributed by atoms with Crippen molar-refractivity contribution in [1.29, 1.82) is 5.26 Å². The first-order chi connectivity index (χ1) is 14.0. The van der Waals surface area contributed by atoms with Crippen molar-refractivity contribution >= 4 is 29.9 Å². The molecule has 1 amide bonds. The fraction of sp³-hybridized carbons (Fsp3) is 0.381. The van der Waals surface area contributed by atoms with Crippen LogP contribution in [0.1, 0.15) is 30.5 Å². The van der Waals surface area contributed by atoms with Gasteiger partial charge in [-0.15, -0.1) is 12.6 Å². The van der Waals surface area contributed by atoms with Crippen LogP contribution in [-0.2, 0) is 4.79 Å². The molecule has 2 fully saturated rings. The van der Waals surface area contributed by atoms with Crippen LogP contribution < -0.4 is 14.5 Å². The fourth-order valence-electron chi connectivity index (χ4n) is 4.04. The molecular formula is C21H22N4O3S. The van der Waals surface area contributed by atoms with Gasteiger partial charge in [0.15, 0.2) is 5.50 Å². The Kier molecular flexibility index (Phi) is 5.11. The molecule has 0 radical (unpaired) electrons. The molecule has 8 heteroatoms. The van der Waals surface area contributed by atoms with Crippen LogP contribution in [-0.4, -0.2) is 40.2 Å². The highest BCUT2D eigenvalue weighted by atomic mass is 32.1. The molecule has 1 N–H and O–H groups in total. The van der Waals surface area contributed by atoms with Crippen LogP contribution in [0.25, 0.3) is 0 Å². The molecule has 1 atom stereocenters. The molecule has 1 saturated heterocycles. The van der Waals surface area contributed by atoms with E-state index in [-0.39, 0.29) is 19.1 Å². The van der Waals surface area contributed by atoms with Crippen LogP contribution in [0.3, 0.4) is 0 Å². The fourth-order valence-corrected chi connectivity index (χ4v) is 4.63. The molecule has 1 unspecified atom stereocenters. The second kappa shape index (κ2) is 7.58. The largest absolute Gasteiger partial charge is 0.491 e. The molecule has 1 spiro atoms. The Balaban J connectivity index is 1.69. The van der Waals surface area contributed by atoms with E-state index in [9.17, 15) is 4.79 Å². The first kappa shape index (κ1) is 19.6. The Morgan fingerprint density at radius 3 is 2.62 bits per heavy atom. The maximum Gasteiger partial charge on any atom is 0.255 e. The van der Waals surface area contributed by atoms with Crippen molar-refractivity contribution in [2.75, 3.05) is 23.0 Å². The predicted octanol–water partition coefficient (Wildman–Crippen LogP) is 2.62. The molecule has 4 rings (SSSR count). The molecule has 1 aliphatic heterocycles. The smallest absolute Gasteiger partial charge is 0.255 e. The highest BCUT2D eigenvalue weighted by Crippen LogP contribution is 2.50. The van der Waals surface area contributed by atoms with Gasteiger partial charge in [-0.05, 0) is 62.1 Å². The average Bonchev–Trinajstić information content (AvgIpc) is 2.93. The van der Waals surface area contributed by atoms with Gasteiger partial charge in [-0.25, -0.2) is 4.98 Å². The van der Waals surface area contributed by atoms with E-state index in [0.717, 1.165) is 30.5 Å². The van der Waals surface area contributed by atoms with E-state index >= 15 is 0 Å². The molecule has 1 aromatic carbocycles. The maximum atomic E-state index is 13.5. The summed E-state index contributed by atoms with van der Waals surface area (Å²) in [4.78, 5) is 21.4. The number of aliphatic hydroxyl groups excluding tert-OH is 1. The number of aliphatic hydroxyl groups is 1. The third-order valence-electron chi connectivity index (χ3n) is 5.64. The number of aryl methyl sites for hydroxylation is 1. The van der Waals surface area contributed by atoms with Gasteiger partial charge in [-0.3, -0.25) is 9.69 Å². The zero-order valence-corrected chi connectivity index (χ0v) is 17.0. The Labute approximate surface area is 174 Å². The summed E-state index contributed by atoms with van der Waals surface area (Å²) in [6.45, 7) is 2.00. The van der Waals surface area contributed by atoms with Crippen molar-refractivity contribution in [1.82, 2.24) is 4.98 Å². The lowest BCUT2D eigenvalue weighted by Crippen LogP contribution is -2.55. The highest BCUT2D eigenvalue weighted by Gasteiger charge is 2.60. The van der Waals surface area contributed by atoms with Gasteiger partial charge in [0.1, 0.15) is 29.7 Å². The number of rotatable bonds is 5. The highest BCUT2D eigenvalue weighted by molar-refractivity contribution is 7.81. The number of thiol groups is 1. The number of hydrogen-bond acceptors (Lipinski definition) is 7. The Morgan fingerprint density at radius 1 is 1.34 bits per heavy atom. The predicted molar refractivity (Wildman–Crippen MR) is 112 cm³/mol. The molecule has 29 heavy (non-hydrogen) atoms. The van der Waals surface area contributed by atoms with Crippen molar-refractivity contribution in [2.45, 2.75) is 37.2 Å².